The number of sulfonamides is 4. The standard InChI is InChI=1S/4C20H21N3O5S2/c4*1-10-8-11(2)17(15(9-10)14(5)24)21-19(25)18-16(6-7-29-18)30(26,27)23-20-12(3)13(4)22-28-20/h4*6-9,23H,1-5H3,(H,21,25)/i1D3,2D3,4D3,5D3,8D,9D;1D3,2D3,3D3,5D3,8D,9D;3D3,4D3,5D3,8D,9D;1D3,2D3,5D3,8D,9D/hD8. The minimum Gasteiger partial charge on any atom is -0.337 e. The van der Waals surface area contributed by atoms with Crippen LogP contribution in [0.25, 0.3) is 0 Å². The van der Waals surface area contributed by atoms with Crippen LogP contribution >= 0.6 is 45.3 Å². The molecule has 120 heavy (non-hydrogen) atoms. The number of nitrogens with one attached hydrogen (secondary N) is 8. The molecule has 8 aromatic heterocycles. The summed E-state index contributed by atoms with van der Waals surface area (Å²) in [5.74, 6) is -18.2. The molecule has 0 unspecified atom stereocenters. The molecule has 40 heteroatoms. The van der Waals surface area contributed by atoms with Gasteiger partial charge in [-0.15, -0.1) is 45.3 Å². The quantitative estimate of drug-likeness (QED) is 0.0260. The van der Waals surface area contributed by atoms with Crippen LogP contribution in [0, 0.1) is 110 Å². The molecule has 4 aromatic carbocycles. The molecule has 0 radical (unpaired) electrons. The van der Waals surface area contributed by atoms with Gasteiger partial charge in [0.15, 0.2) is 34.4 Å². The van der Waals surface area contributed by atoms with Crippen LogP contribution in [0.15, 0.2) is 132 Å². The van der Waals surface area contributed by atoms with Crippen LogP contribution in [0.3, 0.4) is 0 Å². The summed E-state index contributed by atoms with van der Waals surface area (Å²) in [5, 5.41) is 16.1. The molecule has 0 bridgehead atoms. The van der Waals surface area contributed by atoms with Gasteiger partial charge in [-0.1, -0.05) is 44.8 Å². The van der Waals surface area contributed by atoms with Crippen molar-refractivity contribution in [1.29, 1.82) is 0 Å². The first-order chi connectivity index (χ1) is 79.9. The molecule has 0 saturated carbocycles. The van der Waals surface area contributed by atoms with Gasteiger partial charge in [0, 0.05) is 102 Å². The lowest BCUT2D eigenvalue weighted by molar-refractivity contribution is 0.100. The summed E-state index contributed by atoms with van der Waals surface area (Å²) in [4.78, 5) is 99.0. The SMILES string of the molecule is [2H]c1c(C(=O)C([2H])([2H])[2H])c(N([2H])C(=O)c2sccc2S(=O)(=O)N([2H])c2onc(C([2H])([2H])[2H])c2C)c(C([2H])([2H])[2H])c([2H])c1C([2H])([2H])[2H].[2H]c1c(C(=O)C([2H])([2H])[2H])c(N([2H])C(=O)c2sccc2S(=O)(=O)N([2H])c2onc(C)c2C([2H])([2H])[2H])c(C([2H])([2H])[2H])c([2H])c1C([2H])([2H])[2H].[2H]c1c(C(=O)C([2H])([2H])[2H])c(N([2H])C(=O)c2sccc2S(=O)(=O)N([2H])c2onc(C)c2C)c(C([2H])([2H])[2H])c([2H])c1C([2H])([2H])[2H].[2H]c1c(C)c([2H])c(C(=O)C([2H])([2H])[2H])c(N([2H])C(=O)c2sccc2S(=O)(=O)N([2H])c2onc(C([2H])([2H])[2H])c2C([2H])([2H])[2H])c1C. The summed E-state index contributed by atoms with van der Waals surface area (Å²) >= 11 is 1.48. The summed E-state index contributed by atoms with van der Waals surface area (Å²) in [6.07, 6.45) is 0. The number of nitrogens with zero attached hydrogens (tertiary/aromatic N) is 4. The zero-order valence-corrected chi connectivity index (χ0v) is 66.9. The molecular formula is C80H84N12O20S8. The summed E-state index contributed by atoms with van der Waals surface area (Å²) in [7, 11) is -20.6. The van der Waals surface area contributed by atoms with E-state index in [2.05, 4.69) is 25.1 Å². The van der Waals surface area contributed by atoms with Gasteiger partial charge >= 0.3 is 0 Å². The monoisotopic (exact) mass is 1850 g/mol. The number of aromatic nitrogens is 4. The Morgan fingerprint density at radius 3 is 0.842 bits per heavy atom. The Morgan fingerprint density at radius 2 is 0.575 bits per heavy atom. The first-order valence-electron chi connectivity index (χ1n) is 60.0. The van der Waals surface area contributed by atoms with Crippen molar-refractivity contribution in [2.24, 2.45) is 0 Å². The summed E-state index contributed by atoms with van der Waals surface area (Å²) in [6, 6.07) is -6.50. The Bertz CT molecular complexity index is 9150. The average molecular weight is 1850 g/mol. The van der Waals surface area contributed by atoms with Crippen LogP contribution in [0.5, 0.6) is 0 Å². The van der Waals surface area contributed by atoms with E-state index in [4.69, 9.17) is 93.4 Å². The third-order valence-corrected chi connectivity index (χ3v) is 24.1. The highest BCUT2D eigenvalue weighted by Crippen LogP contribution is 2.36. The predicted molar refractivity (Wildman–Crippen MR) is 460 cm³/mol. The minimum atomic E-state index is -5.26. The van der Waals surface area contributed by atoms with Crippen molar-refractivity contribution in [2.75, 3.05) is 40.1 Å². The van der Waals surface area contributed by atoms with Gasteiger partial charge in [0.25, 0.3) is 63.7 Å². The van der Waals surface area contributed by atoms with Crippen molar-refractivity contribution in [3.63, 3.8) is 0 Å². The van der Waals surface area contributed by atoms with Crippen molar-refractivity contribution in [1.82, 2.24) is 20.6 Å². The molecule has 0 spiro atoms. The minimum absolute atomic E-state index is 0.0436. The topological polar surface area (TPSA) is 473 Å². The maximum absolute atomic E-state index is 13.7. The molecule has 0 aliphatic rings. The van der Waals surface area contributed by atoms with Crippen molar-refractivity contribution >= 4 is 178 Å². The third kappa shape index (κ3) is 21.0. The molecule has 8 N–H and O–H groups in total. The van der Waals surface area contributed by atoms with Crippen LogP contribution in [-0.4, -0.2) is 101 Å². The van der Waals surface area contributed by atoms with Crippen LogP contribution in [-0.2, 0) is 40.1 Å². The highest BCUT2D eigenvalue weighted by molar-refractivity contribution is 7.94. The number of Topliss-reactive ketones (excluding diaryl/α,β-unsaturated/α-hetero) is 4. The number of ketones is 4. The number of hydrogen-bond acceptors (Lipinski definition) is 28. The smallest absolute Gasteiger partial charge is 0.267 e. The van der Waals surface area contributed by atoms with Crippen LogP contribution in [0.4, 0.5) is 46.3 Å². The fourth-order valence-corrected chi connectivity index (χ4v) is 18.0. The Kier molecular flexibility index (Phi) is 12.7. The van der Waals surface area contributed by atoms with Crippen molar-refractivity contribution in [3.05, 3.63) is 225 Å². The van der Waals surface area contributed by atoms with Crippen molar-refractivity contribution < 1.29 is 170 Å². The van der Waals surface area contributed by atoms with E-state index in [0.29, 0.717) is 45.3 Å². The molecule has 8 heterocycles. The van der Waals surface area contributed by atoms with Crippen LogP contribution in [0.1, 0.15) is 266 Å². The number of benzene rings is 4. The number of amides is 4. The highest BCUT2D eigenvalue weighted by atomic mass is 32.2. The molecule has 632 valence electrons. The second-order valence-corrected chi connectivity index (χ2v) is 32.9. The van der Waals surface area contributed by atoms with Gasteiger partial charge in [-0.25, -0.2) is 52.5 Å². The normalized spacial score (nSPS) is 19.9. The lowest BCUT2D eigenvalue weighted by Gasteiger charge is -2.14. The predicted octanol–water partition coefficient (Wildman–Crippen LogP) is 16.9. The average Bonchev–Trinajstić information content (AvgIpc) is 1.15. The van der Waals surface area contributed by atoms with E-state index in [0.717, 1.165) is 59.6 Å². The summed E-state index contributed by atoms with van der Waals surface area (Å²) in [6.45, 7) is -40.2. The van der Waals surface area contributed by atoms with Gasteiger partial charge in [-0.05, 0) is 252 Å². The van der Waals surface area contributed by atoms with Gasteiger partial charge in [0.2, 0.25) is 23.5 Å². The van der Waals surface area contributed by atoms with Gasteiger partial charge in [-0.3, -0.25) is 38.4 Å². The largest absolute Gasteiger partial charge is 0.337 e. The Balaban J connectivity index is 0.000000259. The number of hydrogen-bond donors (Lipinski definition) is 8. The first-order valence-corrected chi connectivity index (χ1v) is 40.7. The van der Waals surface area contributed by atoms with Gasteiger partial charge in [0.05, 0.1) is 56.5 Å². The van der Waals surface area contributed by atoms with E-state index in [9.17, 15) is 72.0 Å². The van der Waals surface area contributed by atoms with E-state index in [1.54, 1.807) is 0 Å². The second-order valence-electron chi connectivity index (χ2n) is 22.9. The van der Waals surface area contributed by atoms with Crippen LogP contribution < -0.4 is 40.1 Å². The lowest BCUT2D eigenvalue weighted by atomic mass is 10.0. The molecular weight excluding hydrogens is 1710 g/mol. The fourth-order valence-electron chi connectivity index (χ4n) is 9.05. The molecule has 0 saturated heterocycles. The number of rotatable bonds is 24. The van der Waals surface area contributed by atoms with E-state index in [1.165, 1.54) is 27.7 Å². The number of thiophene rings is 4. The van der Waals surface area contributed by atoms with Gasteiger partial charge < -0.3 is 39.3 Å². The van der Waals surface area contributed by atoms with E-state index in [-0.39, 0.29) is 53.7 Å². The number of carbonyl (C=O) groups excluding carboxylic acids is 8. The van der Waals surface area contributed by atoms with Crippen LogP contribution in [0.2, 0.25) is 11.3 Å². The summed E-state index contributed by atoms with van der Waals surface area (Å²) in [5.41, 5.74) is -23.2. The molecule has 0 aliphatic carbocycles. The Labute approximate surface area is 789 Å². The molecule has 4 amide bonds. The van der Waals surface area contributed by atoms with E-state index >= 15 is 0 Å². The second kappa shape index (κ2) is 37.2. The highest BCUT2D eigenvalue weighted by Gasteiger charge is 2.33. The molecule has 32 nitrogen and oxygen atoms in total. The Hall–Kier alpha value is -11.9. The number of aryl methyl sites for hydroxylation is 4. The zero-order chi connectivity index (χ0) is 138. The maximum Gasteiger partial charge on any atom is 0.267 e. The van der Waals surface area contributed by atoms with Crippen molar-refractivity contribution in [3.8, 4) is 0 Å². The summed E-state index contributed by atoms with van der Waals surface area (Å²) < 4.78 is 579. The Morgan fingerprint density at radius 1 is 0.325 bits per heavy atom. The first kappa shape index (κ1) is 40.9. The zero-order valence-electron chi connectivity index (χ0n) is 118. The van der Waals surface area contributed by atoms with Gasteiger partial charge in [-0.2, -0.15) is 0 Å². The van der Waals surface area contributed by atoms with Crippen molar-refractivity contribution in [2.45, 2.75) is 157 Å². The molecule has 0 fully saturated rings. The van der Waals surface area contributed by atoms with E-state index in [1.807, 2.05) is 0 Å². The van der Waals surface area contributed by atoms with E-state index < -0.39 is 415 Å². The molecule has 0 aliphatic heterocycles. The molecule has 12 aromatic rings. The molecule has 0 atom stereocenters. The fraction of sp³-hybridized carbons (Fsp3) is 0.250. The molecule has 12 rings (SSSR count). The lowest BCUT2D eigenvalue weighted by Crippen LogP contribution is -2.20. The number of carbonyl (C=O) groups is 8. The van der Waals surface area contributed by atoms with Gasteiger partial charge in [0.1, 0.15) is 39.1 Å². The third-order valence-electron chi connectivity index (χ3n) is 14.7. The maximum atomic E-state index is 13.7. The number of anilines is 8.